The number of anilines is 1. The second-order valence-corrected chi connectivity index (χ2v) is 7.18. The molecule has 1 aromatic carbocycles. The molecule has 24 heavy (non-hydrogen) atoms. The number of carbonyl (C=O) groups is 1. The first-order chi connectivity index (χ1) is 11.5. The maximum Gasteiger partial charge on any atom is 0.255 e. The van der Waals surface area contributed by atoms with Crippen LogP contribution in [0.3, 0.4) is 0 Å². The van der Waals surface area contributed by atoms with Crippen molar-refractivity contribution < 1.29 is 4.79 Å². The van der Waals surface area contributed by atoms with Crippen LogP contribution in [0.25, 0.3) is 0 Å². The Morgan fingerprint density at radius 3 is 2.29 bits per heavy atom. The number of carbonyl (C=O) groups excluding carboxylic acids is 1. The fourth-order valence-electron chi connectivity index (χ4n) is 3.12. The number of aromatic nitrogens is 1. The lowest BCUT2D eigenvalue weighted by atomic mass is 10.0. The first kappa shape index (κ1) is 17.0. The molecule has 0 radical (unpaired) electrons. The number of pyridine rings is 1. The molecule has 1 aromatic heterocycles. The van der Waals surface area contributed by atoms with Crippen molar-refractivity contribution in [2.45, 2.75) is 20.8 Å². The predicted molar refractivity (Wildman–Crippen MR) is 101 cm³/mol. The molecule has 0 aliphatic carbocycles. The Labute approximate surface area is 151 Å². The Balaban J connectivity index is 1.68. The van der Waals surface area contributed by atoms with Crippen molar-refractivity contribution in [1.29, 1.82) is 0 Å². The zero-order valence-electron chi connectivity index (χ0n) is 14.3. The van der Waals surface area contributed by atoms with Crippen molar-refractivity contribution in [2.75, 3.05) is 31.1 Å². The molecule has 5 heteroatoms. The molecule has 4 nitrogen and oxygen atoms in total. The minimum Gasteiger partial charge on any atom is -0.368 e. The maximum absolute atomic E-state index is 12.6. The van der Waals surface area contributed by atoms with E-state index in [0.717, 1.165) is 30.8 Å². The summed E-state index contributed by atoms with van der Waals surface area (Å²) < 4.78 is 0.745. The van der Waals surface area contributed by atoms with Crippen molar-refractivity contribution in [3.8, 4) is 0 Å². The lowest BCUT2D eigenvalue weighted by molar-refractivity contribution is 0.0746. The van der Waals surface area contributed by atoms with Crippen LogP contribution in [-0.2, 0) is 0 Å². The SMILES string of the molecule is Cc1cc(C)c(N2CCN(C(=O)c3ccc(Br)nc3)CC2)cc1C. The zero-order valence-corrected chi connectivity index (χ0v) is 15.9. The van der Waals surface area contributed by atoms with E-state index in [4.69, 9.17) is 0 Å². The van der Waals surface area contributed by atoms with E-state index in [0.29, 0.717) is 5.56 Å². The number of hydrogen-bond donors (Lipinski definition) is 0. The highest BCUT2D eigenvalue weighted by Crippen LogP contribution is 2.25. The Bertz CT molecular complexity index is 750. The van der Waals surface area contributed by atoms with Gasteiger partial charge in [-0.3, -0.25) is 4.79 Å². The Morgan fingerprint density at radius 1 is 1.00 bits per heavy atom. The summed E-state index contributed by atoms with van der Waals surface area (Å²) in [4.78, 5) is 21.0. The highest BCUT2D eigenvalue weighted by atomic mass is 79.9. The molecule has 0 bridgehead atoms. The number of hydrogen-bond acceptors (Lipinski definition) is 3. The average Bonchev–Trinajstić information content (AvgIpc) is 2.58. The van der Waals surface area contributed by atoms with Crippen LogP contribution in [0.15, 0.2) is 35.1 Å². The Kier molecular flexibility index (Phi) is 4.90. The van der Waals surface area contributed by atoms with Gasteiger partial charge in [0.15, 0.2) is 0 Å². The van der Waals surface area contributed by atoms with Gasteiger partial charge in [-0.15, -0.1) is 0 Å². The Hall–Kier alpha value is -1.88. The molecule has 1 fully saturated rings. The number of amides is 1. The van der Waals surface area contributed by atoms with Crippen LogP contribution in [0.4, 0.5) is 5.69 Å². The minimum absolute atomic E-state index is 0.0615. The van der Waals surface area contributed by atoms with Gasteiger partial charge in [-0.25, -0.2) is 4.98 Å². The minimum atomic E-state index is 0.0615. The van der Waals surface area contributed by atoms with Gasteiger partial charge in [0.05, 0.1) is 5.56 Å². The highest BCUT2D eigenvalue weighted by Gasteiger charge is 2.23. The largest absolute Gasteiger partial charge is 0.368 e. The van der Waals surface area contributed by atoms with Crippen LogP contribution in [0, 0.1) is 20.8 Å². The third kappa shape index (κ3) is 3.46. The maximum atomic E-state index is 12.6. The summed E-state index contributed by atoms with van der Waals surface area (Å²) in [5.74, 6) is 0.0615. The van der Waals surface area contributed by atoms with Crippen LogP contribution in [-0.4, -0.2) is 42.0 Å². The number of halogens is 1. The monoisotopic (exact) mass is 387 g/mol. The summed E-state index contributed by atoms with van der Waals surface area (Å²) in [5.41, 5.74) is 5.88. The van der Waals surface area contributed by atoms with E-state index in [9.17, 15) is 4.79 Å². The van der Waals surface area contributed by atoms with Crippen LogP contribution in [0.5, 0.6) is 0 Å². The summed E-state index contributed by atoms with van der Waals surface area (Å²) >= 11 is 3.30. The molecule has 3 rings (SSSR count). The van der Waals surface area contributed by atoms with Crippen molar-refractivity contribution in [1.82, 2.24) is 9.88 Å². The van der Waals surface area contributed by atoms with Crippen LogP contribution in [0.1, 0.15) is 27.0 Å². The number of rotatable bonds is 2. The number of benzene rings is 1. The van der Waals surface area contributed by atoms with Crippen LogP contribution in [0.2, 0.25) is 0 Å². The summed E-state index contributed by atoms with van der Waals surface area (Å²) in [7, 11) is 0. The Morgan fingerprint density at radius 2 is 1.67 bits per heavy atom. The van der Waals surface area contributed by atoms with Gasteiger partial charge in [0, 0.05) is 38.1 Å². The standard InChI is InChI=1S/C19H22BrN3O/c1-13-10-15(3)17(11-14(13)2)22-6-8-23(9-7-22)19(24)16-4-5-18(20)21-12-16/h4-5,10-12H,6-9H2,1-3H3. The molecule has 2 aromatic rings. The number of piperazine rings is 1. The molecule has 1 amide bonds. The summed E-state index contributed by atoms with van der Waals surface area (Å²) in [6.07, 6.45) is 1.63. The van der Waals surface area contributed by atoms with Crippen molar-refractivity contribution in [3.05, 3.63) is 57.3 Å². The van der Waals surface area contributed by atoms with Gasteiger partial charge in [-0.1, -0.05) is 6.07 Å². The lowest BCUT2D eigenvalue weighted by Gasteiger charge is -2.37. The second kappa shape index (κ2) is 6.93. The van der Waals surface area contributed by atoms with E-state index in [1.165, 1.54) is 22.4 Å². The van der Waals surface area contributed by atoms with Gasteiger partial charge in [-0.05, 0) is 71.6 Å². The molecule has 0 saturated carbocycles. The fourth-order valence-corrected chi connectivity index (χ4v) is 3.36. The van der Waals surface area contributed by atoms with Crippen LogP contribution >= 0.6 is 15.9 Å². The molecule has 1 aliphatic rings. The van der Waals surface area contributed by atoms with E-state index in [-0.39, 0.29) is 5.91 Å². The van der Waals surface area contributed by atoms with Crippen molar-refractivity contribution in [3.63, 3.8) is 0 Å². The van der Waals surface area contributed by atoms with E-state index in [1.54, 1.807) is 6.20 Å². The number of aryl methyl sites for hydroxylation is 3. The van der Waals surface area contributed by atoms with E-state index in [1.807, 2.05) is 17.0 Å². The molecular weight excluding hydrogens is 366 g/mol. The summed E-state index contributed by atoms with van der Waals surface area (Å²) in [5, 5.41) is 0. The average molecular weight is 388 g/mol. The summed E-state index contributed by atoms with van der Waals surface area (Å²) in [6.45, 7) is 9.65. The molecule has 1 aliphatic heterocycles. The van der Waals surface area contributed by atoms with Gasteiger partial charge in [0.2, 0.25) is 0 Å². The molecule has 2 heterocycles. The second-order valence-electron chi connectivity index (χ2n) is 6.37. The number of nitrogens with zero attached hydrogens (tertiary/aromatic N) is 3. The fraction of sp³-hybridized carbons (Fsp3) is 0.368. The van der Waals surface area contributed by atoms with Gasteiger partial charge in [0.1, 0.15) is 4.60 Å². The quantitative estimate of drug-likeness (QED) is 0.736. The van der Waals surface area contributed by atoms with Gasteiger partial charge >= 0.3 is 0 Å². The van der Waals surface area contributed by atoms with Gasteiger partial charge in [-0.2, -0.15) is 0 Å². The lowest BCUT2D eigenvalue weighted by Crippen LogP contribution is -2.49. The molecule has 126 valence electrons. The third-order valence-electron chi connectivity index (χ3n) is 4.69. The molecular formula is C19H22BrN3O. The normalized spacial score (nSPS) is 14.8. The first-order valence-corrected chi connectivity index (χ1v) is 8.98. The topological polar surface area (TPSA) is 36.4 Å². The summed E-state index contributed by atoms with van der Waals surface area (Å²) in [6, 6.07) is 8.14. The van der Waals surface area contributed by atoms with Gasteiger partial charge in [0.25, 0.3) is 5.91 Å². The van der Waals surface area contributed by atoms with Gasteiger partial charge < -0.3 is 9.80 Å². The smallest absolute Gasteiger partial charge is 0.255 e. The molecule has 0 unspecified atom stereocenters. The van der Waals surface area contributed by atoms with E-state index < -0.39 is 0 Å². The third-order valence-corrected chi connectivity index (χ3v) is 5.16. The van der Waals surface area contributed by atoms with E-state index in [2.05, 4.69) is 58.7 Å². The van der Waals surface area contributed by atoms with Crippen molar-refractivity contribution >= 4 is 27.5 Å². The molecule has 0 atom stereocenters. The van der Waals surface area contributed by atoms with E-state index >= 15 is 0 Å². The van der Waals surface area contributed by atoms with Crippen molar-refractivity contribution in [2.24, 2.45) is 0 Å². The first-order valence-electron chi connectivity index (χ1n) is 8.19. The predicted octanol–water partition coefficient (Wildman–Crippen LogP) is 3.73. The van der Waals surface area contributed by atoms with Crippen LogP contribution < -0.4 is 4.90 Å². The molecule has 1 saturated heterocycles. The molecule has 0 N–H and O–H groups in total. The molecule has 0 spiro atoms. The zero-order chi connectivity index (χ0) is 17.3. The highest BCUT2D eigenvalue weighted by molar-refractivity contribution is 9.10.